The molecule has 2 aromatic carbocycles. The first-order chi connectivity index (χ1) is 14.7. The maximum atomic E-state index is 11.2. The Bertz CT molecular complexity index is 1270. The molecule has 0 fully saturated rings. The van der Waals surface area contributed by atoms with Gasteiger partial charge in [-0.05, 0) is 12.1 Å². The van der Waals surface area contributed by atoms with Crippen LogP contribution in [0.25, 0.3) is 16.9 Å². The highest BCUT2D eigenvalue weighted by Crippen LogP contribution is 2.26. The third kappa shape index (κ3) is 3.76. The van der Waals surface area contributed by atoms with E-state index in [1.165, 1.54) is 18.3 Å². The van der Waals surface area contributed by atoms with E-state index in [0.29, 0.717) is 16.8 Å². The monoisotopic (exact) mass is 399 g/mol. The first kappa shape index (κ1) is 18.6. The largest absolute Gasteiger partial charge is 0.425 e. The van der Waals surface area contributed by atoms with Crippen LogP contribution in [0, 0.1) is 21.4 Å². The van der Waals surface area contributed by atoms with E-state index >= 15 is 0 Å². The molecule has 4 rings (SSSR count). The number of nitriles is 1. The van der Waals surface area contributed by atoms with Crippen molar-refractivity contribution < 1.29 is 9.34 Å². The summed E-state index contributed by atoms with van der Waals surface area (Å²) in [5.74, 6) is 0.112. The average molecular weight is 399 g/mol. The zero-order chi connectivity index (χ0) is 20.9. The SMILES string of the molecule is N#Cc1ncoc1N/N=C/c1cn(-c2ccccc2)nc1-c1cccc([N+](=O)[O-])c1. The number of hydrogen-bond donors (Lipinski definition) is 1. The third-order valence-electron chi connectivity index (χ3n) is 4.14. The van der Waals surface area contributed by atoms with Crippen LogP contribution < -0.4 is 5.43 Å². The molecule has 0 atom stereocenters. The third-order valence-corrected chi connectivity index (χ3v) is 4.14. The molecule has 0 saturated heterocycles. The van der Waals surface area contributed by atoms with Crippen molar-refractivity contribution in [2.75, 3.05) is 5.43 Å². The lowest BCUT2D eigenvalue weighted by Gasteiger charge is -2.00. The van der Waals surface area contributed by atoms with E-state index in [1.54, 1.807) is 23.0 Å². The van der Waals surface area contributed by atoms with Gasteiger partial charge >= 0.3 is 0 Å². The summed E-state index contributed by atoms with van der Waals surface area (Å²) in [6.45, 7) is 0. The Balaban J connectivity index is 1.73. The van der Waals surface area contributed by atoms with Gasteiger partial charge in [0.25, 0.3) is 11.6 Å². The second kappa shape index (κ2) is 8.07. The summed E-state index contributed by atoms with van der Waals surface area (Å²) in [6.07, 6.45) is 4.38. The smallest absolute Gasteiger partial charge is 0.270 e. The summed E-state index contributed by atoms with van der Waals surface area (Å²) in [5, 5.41) is 28.8. The predicted molar refractivity (Wildman–Crippen MR) is 108 cm³/mol. The van der Waals surface area contributed by atoms with Crippen LogP contribution >= 0.6 is 0 Å². The number of rotatable bonds is 6. The Morgan fingerprint density at radius 1 is 1.23 bits per heavy atom. The maximum Gasteiger partial charge on any atom is 0.270 e. The van der Waals surface area contributed by atoms with Crippen LogP contribution in [0.4, 0.5) is 11.6 Å². The number of nitrogens with one attached hydrogen (secondary N) is 1. The zero-order valence-electron chi connectivity index (χ0n) is 15.3. The van der Waals surface area contributed by atoms with Gasteiger partial charge in [0.2, 0.25) is 5.69 Å². The number of hydrogen-bond acceptors (Lipinski definition) is 8. The number of anilines is 1. The minimum absolute atomic E-state index is 0.0388. The molecule has 10 nitrogen and oxygen atoms in total. The molecule has 1 N–H and O–H groups in total. The Morgan fingerprint density at radius 2 is 2.07 bits per heavy atom. The van der Waals surface area contributed by atoms with E-state index in [1.807, 2.05) is 36.4 Å². The molecule has 0 spiro atoms. The normalized spacial score (nSPS) is 10.8. The molecule has 0 saturated carbocycles. The molecule has 0 aliphatic carbocycles. The van der Waals surface area contributed by atoms with Crippen LogP contribution in [0.3, 0.4) is 0 Å². The summed E-state index contributed by atoms with van der Waals surface area (Å²) in [5.41, 5.74) is 5.15. The molecule has 0 aliphatic heterocycles. The fraction of sp³-hybridized carbons (Fsp3) is 0. The van der Waals surface area contributed by atoms with Gasteiger partial charge in [0.1, 0.15) is 11.8 Å². The number of para-hydroxylation sites is 1. The molecule has 0 aliphatic rings. The zero-order valence-corrected chi connectivity index (χ0v) is 15.3. The quantitative estimate of drug-likeness (QED) is 0.296. The van der Waals surface area contributed by atoms with E-state index in [-0.39, 0.29) is 17.3 Å². The molecule has 0 unspecified atom stereocenters. The molecular formula is C20H13N7O3. The van der Waals surface area contributed by atoms with E-state index in [2.05, 4.69) is 20.6 Å². The molecule has 0 amide bonds. The van der Waals surface area contributed by atoms with Crippen LogP contribution in [0.2, 0.25) is 0 Å². The summed E-state index contributed by atoms with van der Waals surface area (Å²) in [4.78, 5) is 14.5. The van der Waals surface area contributed by atoms with Crippen LogP contribution in [-0.2, 0) is 0 Å². The number of oxazole rings is 1. The first-order valence-corrected chi connectivity index (χ1v) is 8.68. The fourth-order valence-corrected chi connectivity index (χ4v) is 2.75. The number of non-ortho nitro benzene ring substituents is 1. The van der Waals surface area contributed by atoms with Crippen molar-refractivity contribution in [1.82, 2.24) is 14.8 Å². The van der Waals surface area contributed by atoms with Gasteiger partial charge in [-0.2, -0.15) is 15.5 Å². The second-order valence-electron chi connectivity index (χ2n) is 6.03. The Morgan fingerprint density at radius 3 is 2.83 bits per heavy atom. The Kier molecular flexibility index (Phi) is 5.00. The molecule has 10 heteroatoms. The maximum absolute atomic E-state index is 11.2. The lowest BCUT2D eigenvalue weighted by molar-refractivity contribution is -0.384. The summed E-state index contributed by atoms with van der Waals surface area (Å²) < 4.78 is 6.73. The van der Waals surface area contributed by atoms with Crippen LogP contribution in [-0.4, -0.2) is 25.9 Å². The lowest BCUT2D eigenvalue weighted by Crippen LogP contribution is -1.94. The predicted octanol–water partition coefficient (Wildman–Crippen LogP) is 3.75. The first-order valence-electron chi connectivity index (χ1n) is 8.68. The minimum atomic E-state index is -0.458. The Labute approximate surface area is 169 Å². The highest BCUT2D eigenvalue weighted by Gasteiger charge is 2.14. The summed E-state index contributed by atoms with van der Waals surface area (Å²) >= 11 is 0. The molecule has 2 heterocycles. The molecule has 30 heavy (non-hydrogen) atoms. The van der Waals surface area contributed by atoms with Gasteiger partial charge < -0.3 is 4.42 Å². The van der Waals surface area contributed by atoms with Gasteiger partial charge in [-0.3, -0.25) is 10.1 Å². The molecule has 4 aromatic rings. The van der Waals surface area contributed by atoms with Gasteiger partial charge in [-0.15, -0.1) is 0 Å². The standard InChI is InChI=1S/C20H13N7O3/c21-10-18-20(30-13-22-18)24-23-11-15-12-26(16-6-2-1-3-7-16)25-19(15)14-5-4-8-17(9-14)27(28)29/h1-9,11-13,24H/b23-11+. The van der Waals surface area contributed by atoms with Crippen molar-refractivity contribution in [3.63, 3.8) is 0 Å². The lowest BCUT2D eigenvalue weighted by atomic mass is 10.1. The number of nitro benzene ring substituents is 1. The molecule has 0 bridgehead atoms. The van der Waals surface area contributed by atoms with Crippen molar-refractivity contribution in [1.29, 1.82) is 5.26 Å². The van der Waals surface area contributed by atoms with Gasteiger partial charge in [0.15, 0.2) is 6.39 Å². The van der Waals surface area contributed by atoms with Crippen molar-refractivity contribution in [2.45, 2.75) is 0 Å². The second-order valence-corrected chi connectivity index (χ2v) is 6.03. The van der Waals surface area contributed by atoms with Crippen LogP contribution in [0.1, 0.15) is 11.3 Å². The molecular weight excluding hydrogens is 386 g/mol. The van der Waals surface area contributed by atoms with E-state index < -0.39 is 4.92 Å². The fourth-order valence-electron chi connectivity index (χ4n) is 2.75. The van der Waals surface area contributed by atoms with Gasteiger partial charge in [-0.1, -0.05) is 30.3 Å². The van der Waals surface area contributed by atoms with Crippen molar-refractivity contribution in [3.8, 4) is 23.0 Å². The number of hydrazone groups is 1. The number of nitrogens with zero attached hydrogens (tertiary/aromatic N) is 6. The van der Waals surface area contributed by atoms with Gasteiger partial charge in [-0.25, -0.2) is 15.1 Å². The highest BCUT2D eigenvalue weighted by molar-refractivity contribution is 5.89. The highest BCUT2D eigenvalue weighted by atomic mass is 16.6. The number of aromatic nitrogens is 3. The van der Waals surface area contributed by atoms with Gasteiger partial charge in [0.05, 0.1) is 16.8 Å². The topological polar surface area (TPSA) is 135 Å². The van der Waals surface area contributed by atoms with E-state index in [9.17, 15) is 10.1 Å². The van der Waals surface area contributed by atoms with Crippen molar-refractivity contribution in [3.05, 3.63) is 88.6 Å². The molecule has 0 radical (unpaired) electrons. The minimum Gasteiger partial charge on any atom is -0.425 e. The molecule has 146 valence electrons. The van der Waals surface area contributed by atoms with E-state index in [4.69, 9.17) is 9.68 Å². The summed E-state index contributed by atoms with van der Waals surface area (Å²) in [6, 6.07) is 17.5. The van der Waals surface area contributed by atoms with E-state index in [0.717, 1.165) is 12.1 Å². The Hall–Kier alpha value is -4.78. The molecule has 2 aromatic heterocycles. The van der Waals surface area contributed by atoms with Crippen molar-refractivity contribution in [2.24, 2.45) is 5.10 Å². The van der Waals surface area contributed by atoms with Gasteiger partial charge in [0, 0.05) is 29.5 Å². The van der Waals surface area contributed by atoms with Crippen LogP contribution in [0.15, 0.2) is 76.7 Å². The number of nitro groups is 1. The number of benzene rings is 2. The summed E-state index contributed by atoms with van der Waals surface area (Å²) in [7, 11) is 0. The van der Waals surface area contributed by atoms with Crippen molar-refractivity contribution >= 4 is 17.8 Å². The van der Waals surface area contributed by atoms with Crippen LogP contribution in [0.5, 0.6) is 0 Å². The average Bonchev–Trinajstić information content (AvgIpc) is 3.41.